The van der Waals surface area contributed by atoms with Crippen molar-refractivity contribution in [1.82, 2.24) is 0 Å². The molecule has 12 nitrogen and oxygen atoms in total. The zero-order valence-electron chi connectivity index (χ0n) is 38.8. The number of hydrogen-bond donors (Lipinski definition) is 4. The van der Waals surface area contributed by atoms with Crippen LogP contribution in [-0.2, 0) is 38.7 Å². The number of aliphatic hydroxyl groups is 3. The summed E-state index contributed by atoms with van der Waals surface area (Å²) < 4.78 is 54.1. The van der Waals surface area contributed by atoms with Crippen molar-refractivity contribution < 1.29 is 56.8 Å². The van der Waals surface area contributed by atoms with Crippen LogP contribution in [0.1, 0.15) is 239 Å². The molecule has 1 aliphatic heterocycles. The minimum atomic E-state index is -4.60. The van der Waals surface area contributed by atoms with E-state index in [2.05, 4.69) is 13.8 Å². The lowest BCUT2D eigenvalue weighted by Crippen LogP contribution is -2.60. The lowest BCUT2D eigenvalue weighted by Gasteiger charge is -2.40. The van der Waals surface area contributed by atoms with Gasteiger partial charge in [0.2, 0.25) is 0 Å². The van der Waals surface area contributed by atoms with Crippen molar-refractivity contribution in [1.29, 1.82) is 0 Å². The summed E-state index contributed by atoms with van der Waals surface area (Å²) >= 11 is 0. The minimum Gasteiger partial charge on any atom is -0.462 e. The SMILES string of the molecule is CCCCCCCCCCCCCCCCCCCCCCCCCC(=O)OC(COC(=O)CCCCCCCCCCCC)COC1OC(CS(=O)(=O)O)C(O)C(O)C1O. The van der Waals surface area contributed by atoms with E-state index in [1.54, 1.807) is 0 Å². The van der Waals surface area contributed by atoms with Crippen LogP contribution in [0.2, 0.25) is 0 Å². The van der Waals surface area contributed by atoms with Gasteiger partial charge in [-0.05, 0) is 12.8 Å². The molecule has 13 heteroatoms. The Balaban J connectivity index is 2.30. The summed E-state index contributed by atoms with van der Waals surface area (Å²) in [5.41, 5.74) is 0. The van der Waals surface area contributed by atoms with Gasteiger partial charge in [0.1, 0.15) is 36.8 Å². The second-order valence-corrected chi connectivity index (χ2v) is 19.3. The average Bonchev–Trinajstić information content (AvgIpc) is 3.22. The highest BCUT2D eigenvalue weighted by Gasteiger charge is 2.46. The quantitative estimate of drug-likeness (QED) is 0.0258. The molecule has 1 saturated heterocycles. The van der Waals surface area contributed by atoms with Gasteiger partial charge in [0.25, 0.3) is 10.1 Å². The van der Waals surface area contributed by atoms with Crippen LogP contribution in [0.5, 0.6) is 0 Å². The molecule has 0 aromatic rings. The van der Waals surface area contributed by atoms with Gasteiger partial charge in [-0.3, -0.25) is 14.1 Å². The molecule has 1 aliphatic rings. The van der Waals surface area contributed by atoms with Crippen LogP contribution in [0.25, 0.3) is 0 Å². The molecule has 6 unspecified atom stereocenters. The van der Waals surface area contributed by atoms with Crippen LogP contribution in [0.4, 0.5) is 0 Å². The molecule has 0 spiro atoms. The maximum Gasteiger partial charge on any atom is 0.306 e. The monoisotopic (exact) mass is 893 g/mol. The molecule has 1 fully saturated rings. The summed E-state index contributed by atoms with van der Waals surface area (Å²) in [6, 6.07) is 0. The number of hydrogen-bond acceptors (Lipinski definition) is 11. The first kappa shape index (κ1) is 57.7. The molecular weight excluding hydrogens is 801 g/mol. The van der Waals surface area contributed by atoms with Crippen LogP contribution in [0.3, 0.4) is 0 Å². The highest BCUT2D eigenvalue weighted by molar-refractivity contribution is 7.85. The summed E-state index contributed by atoms with van der Waals surface area (Å²) in [6.07, 6.45) is 31.6. The zero-order chi connectivity index (χ0) is 44.8. The van der Waals surface area contributed by atoms with Gasteiger partial charge >= 0.3 is 11.9 Å². The van der Waals surface area contributed by atoms with Crippen LogP contribution in [0, 0.1) is 0 Å². The molecule has 1 heterocycles. The van der Waals surface area contributed by atoms with E-state index in [1.807, 2.05) is 0 Å². The standard InChI is InChI=1S/C48H92O12S/c1-3-5-7-9-11-13-15-16-17-18-19-20-21-22-23-24-25-26-27-29-31-33-35-37-44(50)59-41(38-57-43(49)36-34-32-30-28-14-12-10-8-6-4-2)39-58-48-47(53)46(52)45(51)42(60-48)40-61(54,55)56/h41-42,45-48,51-53H,3-40H2,1-2H3,(H,54,55,56). The fourth-order valence-electron chi connectivity index (χ4n) is 8.03. The fourth-order valence-corrected chi connectivity index (χ4v) is 8.72. The van der Waals surface area contributed by atoms with Crippen molar-refractivity contribution in [3.8, 4) is 0 Å². The Morgan fingerprint density at radius 2 is 0.836 bits per heavy atom. The number of esters is 2. The molecule has 0 aromatic heterocycles. The number of carbonyl (C=O) groups is 2. The van der Waals surface area contributed by atoms with Crippen molar-refractivity contribution in [3.05, 3.63) is 0 Å². The summed E-state index contributed by atoms with van der Waals surface area (Å²) in [5.74, 6) is -1.96. The third kappa shape index (κ3) is 33.8. The van der Waals surface area contributed by atoms with E-state index >= 15 is 0 Å². The first-order chi connectivity index (χ1) is 29.5. The Hall–Kier alpha value is -1.35. The van der Waals surface area contributed by atoms with Gasteiger partial charge in [0.15, 0.2) is 12.4 Å². The predicted octanol–water partition coefficient (Wildman–Crippen LogP) is 10.8. The maximum absolute atomic E-state index is 12.8. The van der Waals surface area contributed by atoms with Crippen molar-refractivity contribution in [3.63, 3.8) is 0 Å². The van der Waals surface area contributed by atoms with Crippen molar-refractivity contribution in [2.75, 3.05) is 19.0 Å². The Morgan fingerprint density at radius 1 is 0.492 bits per heavy atom. The Labute approximate surface area is 372 Å². The summed E-state index contributed by atoms with van der Waals surface area (Å²) in [4.78, 5) is 25.4. The van der Waals surface area contributed by atoms with Crippen LogP contribution < -0.4 is 0 Å². The van der Waals surface area contributed by atoms with Gasteiger partial charge in [-0.15, -0.1) is 0 Å². The molecule has 0 aliphatic carbocycles. The molecule has 0 bridgehead atoms. The lowest BCUT2D eigenvalue weighted by atomic mass is 10.00. The molecule has 0 amide bonds. The highest BCUT2D eigenvalue weighted by Crippen LogP contribution is 2.24. The van der Waals surface area contributed by atoms with Gasteiger partial charge in [-0.25, -0.2) is 0 Å². The van der Waals surface area contributed by atoms with Crippen LogP contribution >= 0.6 is 0 Å². The van der Waals surface area contributed by atoms with E-state index in [0.29, 0.717) is 12.8 Å². The molecule has 61 heavy (non-hydrogen) atoms. The second kappa shape index (κ2) is 39.1. The fraction of sp³-hybridized carbons (Fsp3) is 0.958. The van der Waals surface area contributed by atoms with Crippen molar-refractivity contribution in [2.24, 2.45) is 0 Å². The third-order valence-electron chi connectivity index (χ3n) is 11.9. The van der Waals surface area contributed by atoms with E-state index in [4.69, 9.17) is 18.9 Å². The van der Waals surface area contributed by atoms with Gasteiger partial charge in [0.05, 0.1) is 6.61 Å². The molecule has 0 saturated carbocycles. The third-order valence-corrected chi connectivity index (χ3v) is 12.7. The van der Waals surface area contributed by atoms with Gasteiger partial charge in [0, 0.05) is 12.8 Å². The molecule has 362 valence electrons. The van der Waals surface area contributed by atoms with Crippen LogP contribution in [-0.4, -0.2) is 96.0 Å². The van der Waals surface area contributed by atoms with Gasteiger partial charge < -0.3 is 34.3 Å². The van der Waals surface area contributed by atoms with E-state index < -0.39 is 71.2 Å². The van der Waals surface area contributed by atoms with Gasteiger partial charge in [-0.1, -0.05) is 213 Å². The molecule has 0 aromatic carbocycles. The largest absolute Gasteiger partial charge is 0.462 e. The zero-order valence-corrected chi connectivity index (χ0v) is 39.6. The maximum atomic E-state index is 12.8. The molecule has 1 rings (SSSR count). The second-order valence-electron chi connectivity index (χ2n) is 17.9. The highest BCUT2D eigenvalue weighted by atomic mass is 32.2. The number of ether oxygens (including phenoxy) is 4. The number of unbranched alkanes of at least 4 members (excludes halogenated alkanes) is 31. The Bertz CT molecular complexity index is 1140. The molecule has 0 radical (unpaired) electrons. The Kier molecular flexibility index (Phi) is 36.9. The predicted molar refractivity (Wildman–Crippen MR) is 243 cm³/mol. The number of carbonyl (C=O) groups excluding carboxylic acids is 2. The van der Waals surface area contributed by atoms with Crippen molar-refractivity contribution in [2.45, 2.75) is 275 Å². The van der Waals surface area contributed by atoms with Crippen molar-refractivity contribution >= 4 is 22.1 Å². The smallest absolute Gasteiger partial charge is 0.306 e. The summed E-state index contributed by atoms with van der Waals surface area (Å²) in [7, 11) is -4.60. The minimum absolute atomic E-state index is 0.173. The summed E-state index contributed by atoms with van der Waals surface area (Å²) in [5, 5.41) is 30.9. The van der Waals surface area contributed by atoms with Gasteiger partial charge in [-0.2, -0.15) is 8.42 Å². The number of rotatable bonds is 43. The average molecular weight is 893 g/mol. The van der Waals surface area contributed by atoms with E-state index in [1.165, 1.54) is 161 Å². The van der Waals surface area contributed by atoms with E-state index in [0.717, 1.165) is 38.5 Å². The first-order valence-electron chi connectivity index (χ1n) is 25.1. The number of aliphatic hydroxyl groups excluding tert-OH is 3. The topological polar surface area (TPSA) is 186 Å². The molecule has 4 N–H and O–H groups in total. The lowest BCUT2D eigenvalue weighted by molar-refractivity contribution is -0.297. The Morgan fingerprint density at radius 3 is 1.20 bits per heavy atom. The first-order valence-corrected chi connectivity index (χ1v) is 26.7. The van der Waals surface area contributed by atoms with Crippen LogP contribution in [0.15, 0.2) is 0 Å². The molecular formula is C48H92O12S. The summed E-state index contributed by atoms with van der Waals surface area (Å²) in [6.45, 7) is 3.78. The normalized spacial score (nSPS) is 19.9. The van der Waals surface area contributed by atoms with E-state index in [9.17, 15) is 37.9 Å². The van der Waals surface area contributed by atoms with E-state index in [-0.39, 0.29) is 19.4 Å². The molecule has 6 atom stereocenters.